The Kier molecular flexibility index (Phi) is 6.94. The minimum atomic E-state index is -0.231. The summed E-state index contributed by atoms with van der Waals surface area (Å²) in [6, 6.07) is 13.7. The van der Waals surface area contributed by atoms with Crippen LogP contribution in [-0.4, -0.2) is 19.3 Å². The quantitative estimate of drug-likeness (QED) is 0.582. The number of carbonyl (C=O) groups excluding carboxylic acids is 1. The number of hydrogen-bond acceptors (Lipinski definition) is 2. The molecule has 5 heteroatoms. The highest BCUT2D eigenvalue weighted by molar-refractivity contribution is 6.32. The van der Waals surface area contributed by atoms with Gasteiger partial charge in [0, 0.05) is 11.6 Å². The fourth-order valence-electron chi connectivity index (χ4n) is 2.38. The van der Waals surface area contributed by atoms with Crippen molar-refractivity contribution in [3.05, 3.63) is 64.2 Å². The molecule has 0 saturated heterocycles. The van der Waals surface area contributed by atoms with Gasteiger partial charge in [0.05, 0.1) is 0 Å². The minimum Gasteiger partial charge on any atom is -0.473 e. The first-order valence-corrected chi connectivity index (χ1v) is 8.39. The topological polar surface area (TPSA) is 50.4 Å². The van der Waals surface area contributed by atoms with Gasteiger partial charge in [-0.2, -0.15) is 0 Å². The smallest absolute Gasteiger partial charge is 0.317 e. The highest BCUT2D eigenvalue weighted by atomic mass is 35.5. The molecule has 24 heavy (non-hydrogen) atoms. The van der Waals surface area contributed by atoms with Gasteiger partial charge in [0.15, 0.2) is 6.73 Å². The third-order valence-electron chi connectivity index (χ3n) is 3.65. The molecule has 4 nitrogen and oxygen atoms in total. The molecule has 0 aliphatic carbocycles. The number of carbonyl (C=O) groups is 1. The molecular formula is C19H23ClN2O2. The zero-order valence-electron chi connectivity index (χ0n) is 14.1. The largest absolute Gasteiger partial charge is 0.473 e. The summed E-state index contributed by atoms with van der Waals surface area (Å²) in [5, 5.41) is 6.24. The molecule has 0 aromatic heterocycles. The average molecular weight is 347 g/mol. The molecule has 0 radical (unpaired) electrons. The van der Waals surface area contributed by atoms with Gasteiger partial charge in [0.1, 0.15) is 5.75 Å². The van der Waals surface area contributed by atoms with E-state index in [2.05, 4.69) is 22.8 Å². The van der Waals surface area contributed by atoms with Crippen LogP contribution >= 0.6 is 11.6 Å². The van der Waals surface area contributed by atoms with Crippen LogP contribution in [0, 0.1) is 13.8 Å². The molecule has 2 rings (SSSR count). The normalized spacial score (nSPS) is 10.3. The van der Waals surface area contributed by atoms with Crippen LogP contribution in [0.5, 0.6) is 5.75 Å². The van der Waals surface area contributed by atoms with E-state index in [1.807, 2.05) is 44.2 Å². The van der Waals surface area contributed by atoms with Crippen LogP contribution in [0.25, 0.3) is 0 Å². The summed E-state index contributed by atoms with van der Waals surface area (Å²) in [5.41, 5.74) is 3.19. The first-order valence-electron chi connectivity index (χ1n) is 8.01. The van der Waals surface area contributed by atoms with E-state index in [9.17, 15) is 4.79 Å². The molecule has 2 amide bonds. The summed E-state index contributed by atoms with van der Waals surface area (Å²) in [5.74, 6) is 0.693. The monoisotopic (exact) mass is 346 g/mol. The van der Waals surface area contributed by atoms with Gasteiger partial charge in [-0.05, 0) is 55.5 Å². The van der Waals surface area contributed by atoms with Crippen molar-refractivity contribution >= 4 is 17.6 Å². The summed E-state index contributed by atoms with van der Waals surface area (Å²) in [7, 11) is 0. The number of nitrogens with one attached hydrogen (secondary N) is 2. The Morgan fingerprint density at radius 2 is 1.75 bits per heavy atom. The van der Waals surface area contributed by atoms with Crippen LogP contribution in [-0.2, 0) is 6.42 Å². The van der Waals surface area contributed by atoms with Gasteiger partial charge in [-0.3, -0.25) is 0 Å². The first kappa shape index (κ1) is 18.1. The zero-order valence-corrected chi connectivity index (χ0v) is 14.8. The van der Waals surface area contributed by atoms with Gasteiger partial charge in [0.2, 0.25) is 0 Å². The van der Waals surface area contributed by atoms with E-state index in [4.69, 9.17) is 16.3 Å². The first-order chi connectivity index (χ1) is 11.6. The number of hydrogen-bond donors (Lipinski definition) is 2. The van der Waals surface area contributed by atoms with Gasteiger partial charge in [-0.25, -0.2) is 4.79 Å². The summed E-state index contributed by atoms with van der Waals surface area (Å²) in [6.45, 7) is 4.59. The molecule has 2 N–H and O–H groups in total. The van der Waals surface area contributed by atoms with Crippen molar-refractivity contribution in [3.63, 3.8) is 0 Å². The lowest BCUT2D eigenvalue weighted by molar-refractivity contribution is 0.224. The Balaban J connectivity index is 1.63. The van der Waals surface area contributed by atoms with Crippen LogP contribution in [0.4, 0.5) is 4.79 Å². The summed E-state index contributed by atoms with van der Waals surface area (Å²) < 4.78 is 5.54. The van der Waals surface area contributed by atoms with Crippen molar-refractivity contribution in [3.8, 4) is 5.75 Å². The highest BCUT2D eigenvalue weighted by Gasteiger charge is 2.04. The number of urea groups is 1. The van der Waals surface area contributed by atoms with E-state index >= 15 is 0 Å². The molecule has 0 heterocycles. The second kappa shape index (κ2) is 9.18. The molecule has 2 aromatic rings. The number of aryl methyl sites for hydroxylation is 3. The third-order valence-corrected chi connectivity index (χ3v) is 4.25. The zero-order chi connectivity index (χ0) is 17.4. The minimum absolute atomic E-state index is 0.116. The van der Waals surface area contributed by atoms with Crippen LogP contribution in [0.3, 0.4) is 0 Å². The van der Waals surface area contributed by atoms with Crippen LogP contribution in [0.2, 0.25) is 5.02 Å². The van der Waals surface area contributed by atoms with E-state index in [0.717, 1.165) is 29.0 Å². The molecule has 0 atom stereocenters. The Morgan fingerprint density at radius 3 is 2.42 bits per heavy atom. The fourth-order valence-corrected chi connectivity index (χ4v) is 2.49. The van der Waals surface area contributed by atoms with Crippen molar-refractivity contribution < 1.29 is 9.53 Å². The van der Waals surface area contributed by atoms with E-state index in [1.165, 1.54) is 5.56 Å². The van der Waals surface area contributed by atoms with Gasteiger partial charge in [-0.1, -0.05) is 41.9 Å². The lowest BCUT2D eigenvalue weighted by atomic mass is 10.1. The summed E-state index contributed by atoms with van der Waals surface area (Å²) in [6.07, 6.45) is 1.84. The molecule has 128 valence electrons. The lowest BCUT2D eigenvalue weighted by Crippen LogP contribution is -2.38. The van der Waals surface area contributed by atoms with E-state index in [-0.39, 0.29) is 12.8 Å². The lowest BCUT2D eigenvalue weighted by Gasteiger charge is -2.11. The van der Waals surface area contributed by atoms with Crippen molar-refractivity contribution in [1.29, 1.82) is 0 Å². The van der Waals surface area contributed by atoms with Crippen LogP contribution in [0.1, 0.15) is 23.1 Å². The van der Waals surface area contributed by atoms with Gasteiger partial charge >= 0.3 is 6.03 Å². The van der Waals surface area contributed by atoms with E-state index in [0.29, 0.717) is 12.3 Å². The maximum Gasteiger partial charge on any atom is 0.317 e. The number of amides is 2. The van der Waals surface area contributed by atoms with E-state index < -0.39 is 0 Å². The second-order valence-electron chi connectivity index (χ2n) is 5.68. The highest BCUT2D eigenvalue weighted by Crippen LogP contribution is 2.25. The summed E-state index contributed by atoms with van der Waals surface area (Å²) in [4.78, 5) is 11.7. The van der Waals surface area contributed by atoms with Crippen molar-refractivity contribution in [1.82, 2.24) is 10.6 Å². The fraction of sp³-hybridized carbons (Fsp3) is 0.316. The molecular weight excluding hydrogens is 324 g/mol. The molecule has 2 aromatic carbocycles. The predicted octanol–water partition coefficient (Wildman–Crippen LogP) is 4.23. The number of ether oxygens (including phenoxy) is 1. The number of halogens is 1. The van der Waals surface area contributed by atoms with Crippen molar-refractivity contribution in [2.24, 2.45) is 0 Å². The molecule has 0 saturated carbocycles. The Hall–Kier alpha value is -2.20. The Morgan fingerprint density at radius 1 is 1.08 bits per heavy atom. The van der Waals surface area contributed by atoms with Crippen molar-refractivity contribution in [2.45, 2.75) is 26.7 Å². The number of rotatable bonds is 7. The molecule has 0 aliphatic rings. The molecule has 0 unspecified atom stereocenters. The SMILES string of the molecule is Cc1cc(OCNC(=O)NCCCc2ccccc2)cc(C)c1Cl. The van der Waals surface area contributed by atoms with E-state index in [1.54, 1.807) is 0 Å². The van der Waals surface area contributed by atoms with Crippen LogP contribution < -0.4 is 15.4 Å². The Labute approximate surface area is 148 Å². The van der Waals surface area contributed by atoms with Gasteiger partial charge in [-0.15, -0.1) is 0 Å². The average Bonchev–Trinajstić information content (AvgIpc) is 2.57. The third kappa shape index (κ3) is 5.78. The van der Waals surface area contributed by atoms with Gasteiger partial charge in [0.25, 0.3) is 0 Å². The second-order valence-corrected chi connectivity index (χ2v) is 6.06. The standard InChI is InChI=1S/C19H23ClN2O2/c1-14-11-17(12-15(2)18(14)20)24-13-22-19(23)21-10-6-9-16-7-4-3-5-8-16/h3-5,7-8,11-12H,6,9-10,13H2,1-2H3,(H2,21,22,23). The van der Waals surface area contributed by atoms with Crippen molar-refractivity contribution in [2.75, 3.05) is 13.3 Å². The number of benzene rings is 2. The molecule has 0 aliphatic heterocycles. The predicted molar refractivity (Wildman–Crippen MR) is 97.7 cm³/mol. The maximum atomic E-state index is 11.7. The van der Waals surface area contributed by atoms with Crippen LogP contribution in [0.15, 0.2) is 42.5 Å². The van der Waals surface area contributed by atoms with Gasteiger partial charge < -0.3 is 15.4 Å². The molecule has 0 spiro atoms. The summed E-state index contributed by atoms with van der Waals surface area (Å²) >= 11 is 6.11. The molecule has 0 fully saturated rings. The molecule has 0 bridgehead atoms. The maximum absolute atomic E-state index is 11.7. The Bertz CT molecular complexity index is 651.